The normalized spacial score (nSPS) is 14.5. The Kier molecular flexibility index (Phi) is 7.18. The van der Waals surface area contributed by atoms with E-state index in [1.807, 2.05) is 54.6 Å². The molecule has 7 heteroatoms. The summed E-state index contributed by atoms with van der Waals surface area (Å²) in [5.74, 6) is -0.176. The molecule has 31 heavy (non-hydrogen) atoms. The summed E-state index contributed by atoms with van der Waals surface area (Å²) < 4.78 is 0.755. The van der Waals surface area contributed by atoms with E-state index in [2.05, 4.69) is 37.1 Å². The van der Waals surface area contributed by atoms with E-state index >= 15 is 0 Å². The van der Waals surface area contributed by atoms with Crippen molar-refractivity contribution in [1.29, 1.82) is 0 Å². The number of carbonyl (C=O) groups excluding carboxylic acids is 1. The molecule has 1 heterocycles. The van der Waals surface area contributed by atoms with Gasteiger partial charge in [-0.15, -0.1) is 0 Å². The molecule has 0 saturated carbocycles. The number of amides is 1. The number of piperazine rings is 1. The van der Waals surface area contributed by atoms with E-state index in [-0.39, 0.29) is 5.91 Å². The summed E-state index contributed by atoms with van der Waals surface area (Å²) in [7, 11) is 0. The molecule has 0 bridgehead atoms. The van der Waals surface area contributed by atoms with Crippen LogP contribution in [0.1, 0.15) is 15.9 Å². The molecule has 0 aliphatic carbocycles. The van der Waals surface area contributed by atoms with E-state index in [0.29, 0.717) is 16.3 Å². The van der Waals surface area contributed by atoms with Crippen LogP contribution in [0.4, 0.5) is 11.4 Å². The molecule has 1 aliphatic rings. The van der Waals surface area contributed by atoms with Crippen LogP contribution in [0.25, 0.3) is 0 Å². The Hall–Kier alpha value is -2.05. The summed E-state index contributed by atoms with van der Waals surface area (Å²) in [4.78, 5) is 17.2. The standard InChI is InChI=1S/C24H22BrCl2N3O/c25-20-7-3-2-6-19(20)24(31)28-18-9-10-23(22(27)15-18)30-13-11-29(12-14-30)16-17-5-1-4-8-21(17)26/h1-10,15H,11-14,16H2,(H,28,31). The first-order chi connectivity index (χ1) is 15.0. The molecule has 160 valence electrons. The maximum Gasteiger partial charge on any atom is 0.256 e. The maximum absolute atomic E-state index is 12.5. The van der Waals surface area contributed by atoms with Crippen LogP contribution in [0.5, 0.6) is 0 Å². The summed E-state index contributed by atoms with van der Waals surface area (Å²) in [6.45, 7) is 4.48. The summed E-state index contributed by atoms with van der Waals surface area (Å²) in [6, 6.07) is 21.0. The first-order valence-electron chi connectivity index (χ1n) is 10.1. The molecule has 1 aliphatic heterocycles. The van der Waals surface area contributed by atoms with Gasteiger partial charge in [-0.05, 0) is 57.9 Å². The molecular weight excluding hydrogens is 497 g/mol. The minimum atomic E-state index is -0.176. The predicted molar refractivity (Wildman–Crippen MR) is 132 cm³/mol. The molecule has 0 unspecified atom stereocenters. The molecular formula is C24H22BrCl2N3O. The Balaban J connectivity index is 1.37. The van der Waals surface area contributed by atoms with Crippen molar-refractivity contribution in [3.63, 3.8) is 0 Å². The first-order valence-corrected chi connectivity index (χ1v) is 11.6. The van der Waals surface area contributed by atoms with Crippen LogP contribution in [0, 0.1) is 0 Å². The molecule has 4 nitrogen and oxygen atoms in total. The highest BCUT2D eigenvalue weighted by atomic mass is 79.9. The highest BCUT2D eigenvalue weighted by Crippen LogP contribution is 2.30. The van der Waals surface area contributed by atoms with Crippen LogP contribution in [0.3, 0.4) is 0 Å². The van der Waals surface area contributed by atoms with Crippen LogP contribution >= 0.6 is 39.1 Å². The Morgan fingerprint density at radius 1 is 0.903 bits per heavy atom. The number of hydrogen-bond acceptors (Lipinski definition) is 3. The molecule has 0 atom stereocenters. The van der Waals surface area contributed by atoms with Crippen molar-refractivity contribution in [2.24, 2.45) is 0 Å². The first kappa shape index (κ1) is 22.2. The molecule has 1 N–H and O–H groups in total. The molecule has 1 fully saturated rings. The zero-order valence-corrected chi connectivity index (χ0v) is 19.9. The van der Waals surface area contributed by atoms with Gasteiger partial charge in [0.15, 0.2) is 0 Å². The number of nitrogens with one attached hydrogen (secondary N) is 1. The second-order valence-corrected chi connectivity index (χ2v) is 9.12. The summed E-state index contributed by atoms with van der Waals surface area (Å²) in [5, 5.41) is 4.36. The highest BCUT2D eigenvalue weighted by Gasteiger charge is 2.20. The van der Waals surface area contributed by atoms with Gasteiger partial charge in [0.05, 0.1) is 16.3 Å². The van der Waals surface area contributed by atoms with Gasteiger partial charge in [-0.3, -0.25) is 9.69 Å². The number of anilines is 2. The number of halogens is 3. The van der Waals surface area contributed by atoms with Gasteiger partial charge in [-0.25, -0.2) is 0 Å². The van der Waals surface area contributed by atoms with E-state index in [9.17, 15) is 4.79 Å². The number of hydrogen-bond donors (Lipinski definition) is 1. The van der Waals surface area contributed by atoms with Crippen molar-refractivity contribution in [2.75, 3.05) is 36.4 Å². The fourth-order valence-corrected chi connectivity index (χ4v) is 4.66. The van der Waals surface area contributed by atoms with Crippen LogP contribution in [-0.2, 0) is 6.54 Å². The molecule has 1 amide bonds. The summed E-state index contributed by atoms with van der Waals surface area (Å²) in [6.07, 6.45) is 0. The summed E-state index contributed by atoms with van der Waals surface area (Å²) >= 11 is 16.3. The predicted octanol–water partition coefficient (Wildman–Crippen LogP) is 6.33. The number of rotatable bonds is 5. The lowest BCUT2D eigenvalue weighted by atomic mass is 10.1. The Morgan fingerprint density at radius 2 is 1.61 bits per heavy atom. The molecule has 0 radical (unpaired) electrons. The smallest absolute Gasteiger partial charge is 0.256 e. The lowest BCUT2D eigenvalue weighted by molar-refractivity contribution is 0.102. The molecule has 1 saturated heterocycles. The van der Waals surface area contributed by atoms with E-state index < -0.39 is 0 Å². The van der Waals surface area contributed by atoms with Crippen molar-refractivity contribution in [1.82, 2.24) is 4.90 Å². The second-order valence-electron chi connectivity index (χ2n) is 7.45. The van der Waals surface area contributed by atoms with Gasteiger partial charge in [-0.1, -0.05) is 53.5 Å². The summed E-state index contributed by atoms with van der Waals surface area (Å²) in [5.41, 5.74) is 3.39. The number of benzene rings is 3. The lowest BCUT2D eigenvalue weighted by Crippen LogP contribution is -2.46. The Bertz CT molecular complexity index is 1080. The third kappa shape index (κ3) is 5.42. The largest absolute Gasteiger partial charge is 0.368 e. The van der Waals surface area contributed by atoms with Crippen molar-refractivity contribution in [2.45, 2.75) is 6.54 Å². The van der Waals surface area contributed by atoms with E-state index in [1.54, 1.807) is 6.07 Å². The molecule has 3 aromatic rings. The molecule has 0 spiro atoms. The van der Waals surface area contributed by atoms with Gasteiger partial charge in [0.2, 0.25) is 0 Å². The molecule has 3 aromatic carbocycles. The maximum atomic E-state index is 12.5. The SMILES string of the molecule is O=C(Nc1ccc(N2CCN(Cc3ccccc3Cl)CC2)c(Cl)c1)c1ccccc1Br. The van der Waals surface area contributed by atoms with Gasteiger partial charge in [0, 0.05) is 47.9 Å². The zero-order valence-electron chi connectivity index (χ0n) is 16.8. The minimum Gasteiger partial charge on any atom is -0.368 e. The van der Waals surface area contributed by atoms with Crippen molar-refractivity contribution in [3.8, 4) is 0 Å². The van der Waals surface area contributed by atoms with Gasteiger partial charge >= 0.3 is 0 Å². The van der Waals surface area contributed by atoms with Gasteiger partial charge in [0.1, 0.15) is 0 Å². The third-order valence-electron chi connectivity index (χ3n) is 5.39. The quantitative estimate of drug-likeness (QED) is 0.428. The zero-order chi connectivity index (χ0) is 21.8. The Labute approximate surface area is 200 Å². The van der Waals surface area contributed by atoms with Crippen LogP contribution in [0.15, 0.2) is 71.2 Å². The average molecular weight is 519 g/mol. The van der Waals surface area contributed by atoms with Crippen molar-refractivity contribution < 1.29 is 4.79 Å². The number of nitrogens with zero attached hydrogens (tertiary/aromatic N) is 2. The van der Waals surface area contributed by atoms with Crippen molar-refractivity contribution in [3.05, 3.63) is 92.4 Å². The molecule has 0 aromatic heterocycles. The van der Waals surface area contributed by atoms with Crippen LogP contribution < -0.4 is 10.2 Å². The highest BCUT2D eigenvalue weighted by molar-refractivity contribution is 9.10. The van der Waals surface area contributed by atoms with Gasteiger partial charge in [-0.2, -0.15) is 0 Å². The fourth-order valence-electron chi connectivity index (χ4n) is 3.70. The van der Waals surface area contributed by atoms with E-state index in [0.717, 1.165) is 53.5 Å². The third-order valence-corrected chi connectivity index (χ3v) is 6.75. The van der Waals surface area contributed by atoms with E-state index in [1.165, 1.54) is 0 Å². The molecule has 4 rings (SSSR count). The van der Waals surface area contributed by atoms with E-state index in [4.69, 9.17) is 23.2 Å². The lowest BCUT2D eigenvalue weighted by Gasteiger charge is -2.36. The fraction of sp³-hybridized carbons (Fsp3) is 0.208. The minimum absolute atomic E-state index is 0.176. The monoisotopic (exact) mass is 517 g/mol. The topological polar surface area (TPSA) is 35.6 Å². The Morgan fingerprint density at radius 3 is 2.32 bits per heavy atom. The van der Waals surface area contributed by atoms with Gasteiger partial charge in [0.25, 0.3) is 5.91 Å². The van der Waals surface area contributed by atoms with Crippen LogP contribution in [0.2, 0.25) is 10.0 Å². The van der Waals surface area contributed by atoms with Crippen LogP contribution in [-0.4, -0.2) is 37.0 Å². The van der Waals surface area contributed by atoms with Crippen molar-refractivity contribution >= 4 is 56.4 Å². The average Bonchev–Trinajstić information content (AvgIpc) is 2.76. The van der Waals surface area contributed by atoms with Gasteiger partial charge < -0.3 is 10.2 Å². The second kappa shape index (κ2) is 10.0. The number of carbonyl (C=O) groups is 1.